The summed E-state index contributed by atoms with van der Waals surface area (Å²) in [7, 11) is -3.50. The molecule has 6 nitrogen and oxygen atoms in total. The summed E-state index contributed by atoms with van der Waals surface area (Å²) in [5, 5.41) is 0. The molecule has 1 aliphatic heterocycles. The lowest BCUT2D eigenvalue weighted by molar-refractivity contribution is 0.192. The van der Waals surface area contributed by atoms with E-state index in [0.29, 0.717) is 26.2 Å². The summed E-state index contributed by atoms with van der Waals surface area (Å²) in [5.74, 6) is 0. The van der Waals surface area contributed by atoms with Crippen LogP contribution in [-0.4, -0.2) is 32.2 Å². The van der Waals surface area contributed by atoms with Crippen LogP contribution in [0.5, 0.6) is 0 Å². The summed E-state index contributed by atoms with van der Waals surface area (Å²) in [6, 6.07) is 1.68. The van der Waals surface area contributed by atoms with Gasteiger partial charge in [-0.25, -0.2) is 13.1 Å². The van der Waals surface area contributed by atoms with Crippen molar-refractivity contribution >= 4 is 10.0 Å². The van der Waals surface area contributed by atoms with Crippen LogP contribution in [0.2, 0.25) is 0 Å². The van der Waals surface area contributed by atoms with Crippen LogP contribution in [0.3, 0.4) is 0 Å². The first-order chi connectivity index (χ1) is 8.94. The monoisotopic (exact) mass is 287 g/mol. The highest BCUT2D eigenvalue weighted by Crippen LogP contribution is 2.19. The van der Waals surface area contributed by atoms with Crippen molar-refractivity contribution in [2.24, 2.45) is 5.73 Å². The van der Waals surface area contributed by atoms with Crippen LogP contribution in [-0.2, 0) is 21.3 Å². The molecule has 3 N–H and O–H groups in total. The fourth-order valence-electron chi connectivity index (χ4n) is 2.20. The Morgan fingerprint density at radius 2 is 2.32 bits per heavy atom. The van der Waals surface area contributed by atoms with Gasteiger partial charge in [-0.05, 0) is 26.3 Å². The summed E-state index contributed by atoms with van der Waals surface area (Å²) in [4.78, 5) is 0.272. The van der Waals surface area contributed by atoms with Crippen LogP contribution in [0.1, 0.15) is 32.0 Å². The van der Waals surface area contributed by atoms with E-state index in [0.717, 1.165) is 5.69 Å². The molecule has 0 bridgehead atoms. The highest BCUT2D eigenvalue weighted by atomic mass is 32.2. The molecule has 0 spiro atoms. The molecule has 1 aromatic heterocycles. The second kappa shape index (κ2) is 5.62. The zero-order chi connectivity index (χ0) is 14.0. The fraction of sp³-hybridized carbons (Fsp3) is 0.667. The van der Waals surface area contributed by atoms with Crippen molar-refractivity contribution in [2.75, 3.05) is 13.2 Å². The maximum atomic E-state index is 12.3. The maximum Gasteiger partial charge on any atom is 0.242 e. The minimum Gasteiger partial charge on any atom is -0.380 e. The van der Waals surface area contributed by atoms with Gasteiger partial charge in [0.25, 0.3) is 0 Å². The Labute approximate surface area is 114 Å². The van der Waals surface area contributed by atoms with Gasteiger partial charge in [0.1, 0.15) is 0 Å². The number of hydrogen-bond acceptors (Lipinski definition) is 4. The number of nitrogens with zero attached hydrogens (tertiary/aromatic N) is 1. The number of nitrogens with one attached hydrogen (secondary N) is 1. The topological polar surface area (TPSA) is 86.3 Å². The Morgan fingerprint density at radius 1 is 1.58 bits per heavy atom. The molecule has 108 valence electrons. The molecule has 0 saturated carbocycles. The minimum atomic E-state index is -3.50. The second-order valence-electron chi connectivity index (χ2n) is 5.05. The molecule has 1 unspecified atom stereocenters. The van der Waals surface area contributed by atoms with Crippen LogP contribution >= 0.6 is 0 Å². The molecular formula is C12H21N3O3S. The van der Waals surface area contributed by atoms with Gasteiger partial charge >= 0.3 is 0 Å². The summed E-state index contributed by atoms with van der Waals surface area (Å²) >= 11 is 0. The Hall–Kier alpha value is -0.890. The molecule has 1 fully saturated rings. The standard InChI is InChI=1S/C12H21N3O3S/c1-9(2)15-7-12(5-11(15)6-13)19(16,17)14-10-3-4-18-8-10/h5,7,9-10,14H,3-4,6,8,13H2,1-2H3. The van der Waals surface area contributed by atoms with Crippen molar-refractivity contribution in [1.82, 2.24) is 9.29 Å². The van der Waals surface area contributed by atoms with Gasteiger partial charge in [0.05, 0.1) is 11.5 Å². The van der Waals surface area contributed by atoms with E-state index in [1.807, 2.05) is 18.4 Å². The van der Waals surface area contributed by atoms with Crippen molar-refractivity contribution in [2.45, 2.75) is 43.8 Å². The SMILES string of the molecule is CC(C)n1cc(S(=O)(=O)NC2CCOC2)cc1CN. The third-order valence-electron chi connectivity index (χ3n) is 3.23. The molecule has 0 aromatic carbocycles. The number of sulfonamides is 1. The lowest BCUT2D eigenvalue weighted by Crippen LogP contribution is -2.34. The molecule has 1 atom stereocenters. The number of ether oxygens (including phenoxy) is 1. The van der Waals surface area contributed by atoms with Gasteiger partial charge in [-0.2, -0.15) is 0 Å². The van der Waals surface area contributed by atoms with Crippen molar-refractivity contribution in [3.8, 4) is 0 Å². The highest BCUT2D eigenvalue weighted by molar-refractivity contribution is 7.89. The van der Waals surface area contributed by atoms with Gasteiger partial charge in [-0.3, -0.25) is 0 Å². The molecule has 2 rings (SSSR count). The van der Waals surface area contributed by atoms with E-state index >= 15 is 0 Å². The molecule has 0 radical (unpaired) electrons. The fourth-order valence-corrected chi connectivity index (χ4v) is 3.51. The lowest BCUT2D eigenvalue weighted by Gasteiger charge is -2.11. The summed E-state index contributed by atoms with van der Waals surface area (Å²) in [5.41, 5.74) is 6.47. The number of rotatable bonds is 5. The average molecular weight is 287 g/mol. The zero-order valence-corrected chi connectivity index (χ0v) is 12.1. The van der Waals surface area contributed by atoms with E-state index in [2.05, 4.69) is 4.72 Å². The van der Waals surface area contributed by atoms with Gasteiger partial charge < -0.3 is 15.0 Å². The predicted octanol–water partition coefficient (Wildman–Crippen LogP) is 0.595. The average Bonchev–Trinajstić information content (AvgIpc) is 2.95. The predicted molar refractivity (Wildman–Crippen MR) is 72.3 cm³/mol. The largest absolute Gasteiger partial charge is 0.380 e. The molecule has 1 aliphatic rings. The van der Waals surface area contributed by atoms with E-state index in [9.17, 15) is 8.42 Å². The quantitative estimate of drug-likeness (QED) is 0.830. The van der Waals surface area contributed by atoms with Gasteiger partial charge in [-0.15, -0.1) is 0 Å². The first kappa shape index (κ1) is 14.5. The zero-order valence-electron chi connectivity index (χ0n) is 11.3. The highest BCUT2D eigenvalue weighted by Gasteiger charge is 2.25. The number of nitrogens with two attached hydrogens (primary N) is 1. The first-order valence-electron chi connectivity index (χ1n) is 6.45. The summed E-state index contributed by atoms with van der Waals surface area (Å²) in [6.45, 7) is 5.35. The molecule has 0 aliphatic carbocycles. The van der Waals surface area contributed by atoms with Crippen LogP contribution in [0.15, 0.2) is 17.2 Å². The molecule has 0 amide bonds. The second-order valence-corrected chi connectivity index (χ2v) is 6.77. The van der Waals surface area contributed by atoms with Crippen LogP contribution in [0.25, 0.3) is 0 Å². The van der Waals surface area contributed by atoms with Crippen LogP contribution in [0, 0.1) is 0 Å². The van der Waals surface area contributed by atoms with Crippen LogP contribution in [0.4, 0.5) is 0 Å². The Morgan fingerprint density at radius 3 is 2.79 bits per heavy atom. The Balaban J connectivity index is 2.24. The lowest BCUT2D eigenvalue weighted by atomic mass is 10.3. The van der Waals surface area contributed by atoms with E-state index in [4.69, 9.17) is 10.5 Å². The van der Waals surface area contributed by atoms with Crippen LogP contribution < -0.4 is 10.5 Å². The van der Waals surface area contributed by atoms with E-state index < -0.39 is 10.0 Å². The Bertz CT molecular complexity index is 530. The molecule has 1 aromatic rings. The first-order valence-corrected chi connectivity index (χ1v) is 7.93. The van der Waals surface area contributed by atoms with Crippen molar-refractivity contribution in [3.05, 3.63) is 18.0 Å². The number of hydrogen-bond donors (Lipinski definition) is 2. The molecule has 2 heterocycles. The smallest absolute Gasteiger partial charge is 0.242 e. The third-order valence-corrected chi connectivity index (χ3v) is 4.72. The normalized spacial score (nSPS) is 20.3. The van der Waals surface area contributed by atoms with E-state index in [1.165, 1.54) is 0 Å². The van der Waals surface area contributed by atoms with Gasteiger partial charge in [-0.1, -0.05) is 0 Å². The van der Waals surface area contributed by atoms with E-state index in [-0.39, 0.29) is 17.0 Å². The third kappa shape index (κ3) is 3.17. The van der Waals surface area contributed by atoms with Crippen molar-refractivity contribution in [1.29, 1.82) is 0 Å². The van der Waals surface area contributed by atoms with Crippen molar-refractivity contribution < 1.29 is 13.2 Å². The van der Waals surface area contributed by atoms with Gasteiger partial charge in [0.2, 0.25) is 10.0 Å². The Kier molecular flexibility index (Phi) is 4.29. The molecule has 7 heteroatoms. The van der Waals surface area contributed by atoms with Gasteiger partial charge in [0, 0.05) is 37.1 Å². The minimum absolute atomic E-state index is 0.131. The number of aromatic nitrogens is 1. The molecular weight excluding hydrogens is 266 g/mol. The van der Waals surface area contributed by atoms with Gasteiger partial charge in [0.15, 0.2) is 0 Å². The molecule has 1 saturated heterocycles. The van der Waals surface area contributed by atoms with E-state index in [1.54, 1.807) is 12.3 Å². The summed E-state index contributed by atoms with van der Waals surface area (Å²) in [6.07, 6.45) is 2.36. The van der Waals surface area contributed by atoms with Crippen molar-refractivity contribution in [3.63, 3.8) is 0 Å². The molecule has 19 heavy (non-hydrogen) atoms. The maximum absolute atomic E-state index is 12.3. The summed E-state index contributed by atoms with van der Waals surface area (Å²) < 4.78 is 34.3.